The van der Waals surface area contributed by atoms with E-state index in [9.17, 15) is 18.0 Å². The van der Waals surface area contributed by atoms with Crippen molar-refractivity contribution in [2.45, 2.75) is 23.5 Å². The van der Waals surface area contributed by atoms with Gasteiger partial charge in [-0.2, -0.15) is 13.2 Å². The Morgan fingerprint density at radius 1 is 1.06 bits per heavy atom. The van der Waals surface area contributed by atoms with E-state index in [1.807, 2.05) is 18.2 Å². The molecule has 0 radical (unpaired) electrons. The number of hydrogen-bond acceptors (Lipinski definition) is 5. The van der Waals surface area contributed by atoms with Crippen LogP contribution >= 0.6 is 23.4 Å². The molecule has 0 unspecified atom stereocenters. The quantitative estimate of drug-likeness (QED) is 0.425. The zero-order chi connectivity index (χ0) is 24.1. The summed E-state index contributed by atoms with van der Waals surface area (Å²) in [5.74, 6) is -0.202. The molecule has 3 aromatic rings. The van der Waals surface area contributed by atoms with E-state index in [-0.39, 0.29) is 22.6 Å². The van der Waals surface area contributed by atoms with Gasteiger partial charge in [0.15, 0.2) is 0 Å². The Kier molecular flexibility index (Phi) is 7.65. The Bertz CT molecular complexity index is 1130. The first-order valence-corrected chi connectivity index (χ1v) is 11.7. The van der Waals surface area contributed by atoms with Gasteiger partial charge in [0.1, 0.15) is 0 Å². The summed E-state index contributed by atoms with van der Waals surface area (Å²) in [6.45, 7) is 3.07. The molecule has 4 rings (SSSR count). The SMILES string of the molecule is O=C(NCc1ccc(Cl)cc1)c1cnccc1CN1CCN(c2ccc(SC(F)(F)F)cc2)C1. The number of hydrogen-bond donors (Lipinski definition) is 1. The van der Waals surface area contributed by atoms with Gasteiger partial charge in [0.25, 0.3) is 5.91 Å². The van der Waals surface area contributed by atoms with Crippen LogP contribution in [0, 0.1) is 0 Å². The summed E-state index contributed by atoms with van der Waals surface area (Å²) in [7, 11) is 0. The van der Waals surface area contributed by atoms with Crippen molar-refractivity contribution >= 4 is 35.0 Å². The van der Waals surface area contributed by atoms with Gasteiger partial charge in [0.2, 0.25) is 0 Å². The summed E-state index contributed by atoms with van der Waals surface area (Å²) in [5, 5.41) is 3.56. The number of halogens is 4. The third kappa shape index (κ3) is 6.65. The first-order chi connectivity index (χ1) is 16.3. The number of benzene rings is 2. The zero-order valence-corrected chi connectivity index (χ0v) is 19.6. The van der Waals surface area contributed by atoms with Crippen molar-refractivity contribution in [1.82, 2.24) is 15.2 Å². The Labute approximate surface area is 204 Å². The molecule has 0 saturated carbocycles. The van der Waals surface area contributed by atoms with Gasteiger partial charge in [-0.3, -0.25) is 14.7 Å². The van der Waals surface area contributed by atoms with Crippen molar-refractivity contribution in [3.63, 3.8) is 0 Å². The lowest BCUT2D eigenvalue weighted by atomic mass is 10.1. The number of nitrogens with zero attached hydrogens (tertiary/aromatic N) is 3. The molecule has 5 nitrogen and oxygen atoms in total. The summed E-state index contributed by atoms with van der Waals surface area (Å²) < 4.78 is 37.6. The van der Waals surface area contributed by atoms with Gasteiger partial charge in [0, 0.05) is 54.2 Å². The summed E-state index contributed by atoms with van der Waals surface area (Å²) in [6.07, 6.45) is 3.23. The molecular weight excluding hydrogens is 485 g/mol. The lowest BCUT2D eigenvalue weighted by Crippen LogP contribution is -2.28. The van der Waals surface area contributed by atoms with E-state index in [4.69, 9.17) is 11.6 Å². The molecule has 1 fully saturated rings. The van der Waals surface area contributed by atoms with Gasteiger partial charge in [-0.25, -0.2) is 0 Å². The van der Waals surface area contributed by atoms with Crippen LogP contribution < -0.4 is 10.2 Å². The highest BCUT2D eigenvalue weighted by Crippen LogP contribution is 2.37. The highest BCUT2D eigenvalue weighted by atomic mass is 35.5. The van der Waals surface area contributed by atoms with Crippen LogP contribution in [0.25, 0.3) is 0 Å². The highest BCUT2D eigenvalue weighted by molar-refractivity contribution is 8.00. The number of aromatic nitrogens is 1. The molecule has 1 aliphatic heterocycles. The topological polar surface area (TPSA) is 48.5 Å². The number of nitrogens with one attached hydrogen (secondary N) is 1. The molecule has 0 bridgehead atoms. The van der Waals surface area contributed by atoms with E-state index in [0.717, 1.165) is 29.9 Å². The smallest absolute Gasteiger partial charge is 0.357 e. The van der Waals surface area contributed by atoms with Crippen LogP contribution in [0.1, 0.15) is 21.5 Å². The Hall–Kier alpha value is -2.75. The third-order valence-corrected chi connectivity index (χ3v) is 6.40. The van der Waals surface area contributed by atoms with Gasteiger partial charge < -0.3 is 10.2 Å². The fraction of sp³-hybridized carbons (Fsp3) is 0.250. The van der Waals surface area contributed by atoms with Crippen LogP contribution in [0.4, 0.5) is 18.9 Å². The molecule has 0 atom stereocenters. The summed E-state index contributed by atoms with van der Waals surface area (Å²) in [6, 6.07) is 15.5. The maximum absolute atomic E-state index is 12.8. The van der Waals surface area contributed by atoms with Crippen molar-refractivity contribution in [1.29, 1.82) is 0 Å². The molecule has 0 spiro atoms. The van der Waals surface area contributed by atoms with Crippen molar-refractivity contribution in [3.8, 4) is 0 Å². The maximum atomic E-state index is 12.8. The summed E-state index contributed by atoms with van der Waals surface area (Å²) >= 11 is 5.79. The number of carbonyl (C=O) groups is 1. The van der Waals surface area contributed by atoms with E-state index in [1.165, 1.54) is 12.1 Å². The zero-order valence-electron chi connectivity index (χ0n) is 18.1. The maximum Gasteiger partial charge on any atom is 0.446 e. The fourth-order valence-corrected chi connectivity index (χ4v) is 4.40. The number of pyridine rings is 1. The molecule has 2 aromatic carbocycles. The molecule has 178 valence electrons. The molecule has 1 amide bonds. The number of anilines is 1. The number of amides is 1. The molecule has 1 aromatic heterocycles. The van der Waals surface area contributed by atoms with Gasteiger partial charge in [0.05, 0.1) is 12.2 Å². The van der Waals surface area contributed by atoms with E-state index in [1.54, 1.807) is 36.7 Å². The standard InChI is InChI=1S/C24H22ClF3N4OS/c25-19-3-1-17(2-4-19)13-30-23(33)22-14-29-10-9-18(22)15-31-11-12-32(16-31)20-5-7-21(8-6-20)34-24(26,27)28/h1-10,14H,11-13,15-16H2,(H,30,33). The molecule has 10 heteroatoms. The van der Waals surface area contributed by atoms with Crippen molar-refractivity contribution in [2.24, 2.45) is 0 Å². The summed E-state index contributed by atoms with van der Waals surface area (Å²) in [5.41, 5.74) is -1.11. The first kappa shape index (κ1) is 24.4. The predicted molar refractivity (Wildman–Crippen MR) is 128 cm³/mol. The van der Waals surface area contributed by atoms with Crippen LogP contribution in [0.2, 0.25) is 5.02 Å². The average Bonchev–Trinajstić information content (AvgIpc) is 3.27. The van der Waals surface area contributed by atoms with Gasteiger partial charge in [-0.05, 0) is 65.4 Å². The molecule has 34 heavy (non-hydrogen) atoms. The van der Waals surface area contributed by atoms with E-state index in [0.29, 0.717) is 30.3 Å². The fourth-order valence-electron chi connectivity index (χ4n) is 3.73. The summed E-state index contributed by atoms with van der Waals surface area (Å²) in [4.78, 5) is 21.4. The van der Waals surface area contributed by atoms with Crippen molar-refractivity contribution in [3.05, 3.63) is 88.7 Å². The lowest BCUT2D eigenvalue weighted by molar-refractivity contribution is -0.0328. The second-order valence-corrected chi connectivity index (χ2v) is 9.42. The third-order valence-electron chi connectivity index (χ3n) is 5.41. The van der Waals surface area contributed by atoms with E-state index >= 15 is 0 Å². The number of thioether (sulfide) groups is 1. The molecule has 1 saturated heterocycles. The number of rotatable bonds is 7. The number of carbonyl (C=O) groups excluding carboxylic acids is 1. The Morgan fingerprint density at radius 2 is 1.79 bits per heavy atom. The van der Waals surface area contributed by atoms with Crippen LogP contribution in [0.3, 0.4) is 0 Å². The van der Waals surface area contributed by atoms with Crippen LogP contribution in [0.5, 0.6) is 0 Å². The van der Waals surface area contributed by atoms with Crippen LogP contribution in [-0.2, 0) is 13.1 Å². The minimum absolute atomic E-state index is 0.117. The van der Waals surface area contributed by atoms with Crippen LogP contribution in [0.15, 0.2) is 71.9 Å². The molecule has 1 aliphatic rings. The van der Waals surface area contributed by atoms with Crippen LogP contribution in [-0.4, -0.2) is 41.1 Å². The van der Waals surface area contributed by atoms with Gasteiger partial charge in [-0.15, -0.1) is 0 Å². The minimum atomic E-state index is -4.30. The Morgan fingerprint density at radius 3 is 2.50 bits per heavy atom. The van der Waals surface area contributed by atoms with E-state index in [2.05, 4.69) is 20.1 Å². The van der Waals surface area contributed by atoms with Gasteiger partial charge in [-0.1, -0.05) is 23.7 Å². The largest absolute Gasteiger partial charge is 0.446 e. The number of alkyl halides is 3. The molecule has 2 heterocycles. The highest BCUT2D eigenvalue weighted by Gasteiger charge is 2.29. The predicted octanol–water partition coefficient (Wildman–Crippen LogP) is 5.56. The van der Waals surface area contributed by atoms with E-state index < -0.39 is 5.51 Å². The first-order valence-electron chi connectivity index (χ1n) is 10.6. The Balaban J connectivity index is 1.35. The second kappa shape index (κ2) is 10.7. The van der Waals surface area contributed by atoms with Crippen molar-refractivity contribution < 1.29 is 18.0 Å². The minimum Gasteiger partial charge on any atom is -0.357 e. The van der Waals surface area contributed by atoms with Gasteiger partial charge >= 0.3 is 5.51 Å². The monoisotopic (exact) mass is 506 g/mol. The lowest BCUT2D eigenvalue weighted by Gasteiger charge is -2.21. The molecule has 0 aliphatic carbocycles. The second-order valence-electron chi connectivity index (χ2n) is 7.84. The molecule has 1 N–H and O–H groups in total. The average molecular weight is 507 g/mol. The molecular formula is C24H22ClF3N4OS. The van der Waals surface area contributed by atoms with Crippen molar-refractivity contribution in [2.75, 3.05) is 24.7 Å². The normalized spacial score (nSPS) is 14.4.